The van der Waals surface area contributed by atoms with E-state index in [2.05, 4.69) is 0 Å². The van der Waals surface area contributed by atoms with Gasteiger partial charge in [0.1, 0.15) is 0 Å². The highest BCUT2D eigenvalue weighted by Gasteiger charge is 2.08. The predicted octanol–water partition coefficient (Wildman–Crippen LogP) is 0.747. The summed E-state index contributed by atoms with van der Waals surface area (Å²) >= 11 is 9.43. The van der Waals surface area contributed by atoms with Gasteiger partial charge in [0.2, 0.25) is 4.84 Å². The van der Waals surface area contributed by atoms with Crippen LogP contribution in [-0.4, -0.2) is 10.8 Å². The van der Waals surface area contributed by atoms with E-state index in [0.717, 1.165) is 0 Å². The van der Waals surface area contributed by atoms with Crippen LogP contribution in [-0.2, 0) is 9.90 Å². The van der Waals surface area contributed by atoms with E-state index < -0.39 is 10.8 Å². The van der Waals surface area contributed by atoms with E-state index >= 15 is 0 Å². The topological polar surface area (TPSA) is 37.0 Å². The van der Waals surface area contributed by atoms with Crippen molar-refractivity contribution in [3.05, 3.63) is 0 Å². The van der Waals surface area contributed by atoms with Crippen molar-refractivity contribution < 1.29 is 9.90 Å². The molecule has 0 aromatic carbocycles. The highest BCUT2D eigenvalue weighted by atomic mass is 35.5. The quantitative estimate of drug-likeness (QED) is 0.480. The molecule has 0 spiro atoms. The second-order valence-electron chi connectivity index (χ2n) is 0.620. The molecule has 0 atom stereocenters. The molecule has 0 rings (SSSR count). The third kappa shape index (κ3) is 2.30. The summed E-state index contributed by atoms with van der Waals surface area (Å²) in [5, 5.41) is 9.32. The second-order valence-corrected chi connectivity index (χ2v) is 1.72. The van der Waals surface area contributed by atoms with Crippen LogP contribution in [0.1, 0.15) is 0 Å². The van der Waals surface area contributed by atoms with Crippen molar-refractivity contribution in [1.29, 1.82) is 0 Å². The van der Waals surface area contributed by atoms with Gasteiger partial charge in [0, 0.05) is 0 Å². The molecule has 0 saturated heterocycles. The Hall–Kier alpha value is 0.0500. The summed E-state index contributed by atoms with van der Waals surface area (Å²) in [5.41, 5.74) is 0. The first-order valence-corrected chi connectivity index (χ1v) is 2.01. The summed E-state index contributed by atoms with van der Waals surface area (Å²) in [7, 11) is 0. The molecule has 0 amide bonds. The minimum atomic E-state index is -1.46. The Morgan fingerprint density at radius 3 is 1.67 bits per heavy atom. The highest BCUT2D eigenvalue weighted by molar-refractivity contribution is 6.52. The Labute approximate surface area is 44.7 Å². The van der Waals surface area contributed by atoms with Crippen molar-refractivity contribution in [1.82, 2.24) is 0 Å². The smallest absolute Gasteiger partial charge is 0.244 e. The van der Waals surface area contributed by atoms with Gasteiger partial charge in [-0.25, -0.2) is 9.90 Å². The monoisotopic (exact) mass is 127 g/mol. The molecule has 0 aliphatic heterocycles. The van der Waals surface area contributed by atoms with Crippen LogP contribution in [0.15, 0.2) is 0 Å². The molecule has 0 bridgehead atoms. The van der Waals surface area contributed by atoms with Crippen LogP contribution >= 0.6 is 23.2 Å². The molecule has 0 aliphatic carbocycles. The number of hydrogen-bond donors (Lipinski definition) is 0. The maximum absolute atomic E-state index is 9.32. The van der Waals surface area contributed by atoms with E-state index in [4.69, 9.17) is 23.2 Å². The maximum Gasteiger partial charge on any atom is 0.388 e. The molecule has 0 aromatic heterocycles. The summed E-state index contributed by atoms with van der Waals surface area (Å²) in [6.45, 7) is 0. The Balaban J connectivity index is 3.26. The van der Waals surface area contributed by atoms with Crippen molar-refractivity contribution in [2.45, 2.75) is 4.84 Å². The lowest BCUT2D eigenvalue weighted by atomic mass is 10.8. The van der Waals surface area contributed by atoms with Crippen molar-refractivity contribution in [3.8, 4) is 0 Å². The fourth-order valence-electron chi connectivity index (χ4n) is 0. The lowest BCUT2D eigenvalue weighted by Gasteiger charge is -1.79. The van der Waals surface area contributed by atoms with Gasteiger partial charge in [-0.1, -0.05) is 23.2 Å². The molecule has 1 radical (unpaired) electrons. The van der Waals surface area contributed by atoms with Gasteiger partial charge in [-0.3, -0.25) is 0 Å². The largest absolute Gasteiger partial charge is 0.388 e. The molecular formula is C2HCl2O2. The van der Waals surface area contributed by atoms with Crippen molar-refractivity contribution in [2.75, 3.05) is 0 Å². The second kappa shape index (κ2) is 2.26. The molecule has 0 heterocycles. The molecule has 0 aromatic rings. The normalized spacial score (nSPS) is 9.17. The van der Waals surface area contributed by atoms with Crippen LogP contribution < -0.4 is 0 Å². The fraction of sp³-hybridized carbons (Fsp3) is 0.500. The molecule has 0 unspecified atom stereocenters. The fourth-order valence-corrected chi connectivity index (χ4v) is 0. The number of carbonyl (C=O) groups is 1. The molecule has 35 valence electrons. The highest BCUT2D eigenvalue weighted by Crippen LogP contribution is 1.99. The number of rotatable bonds is 1. The lowest BCUT2D eigenvalue weighted by molar-refractivity contribution is -0.140. The number of carbonyl (C=O) groups excluding carboxylic acids is 1. The standard InChI is InChI=1S/C2HCl2O2/c3-1(4)2(5)6/h1H. The Bertz CT molecular complexity index is 60.6. The number of hydrogen-bond acceptors (Lipinski definition) is 1. The van der Waals surface area contributed by atoms with E-state index in [9.17, 15) is 9.90 Å². The SMILES string of the molecule is [O]C(=O)C(Cl)Cl. The first kappa shape index (κ1) is 6.05. The summed E-state index contributed by atoms with van der Waals surface area (Å²) in [6.07, 6.45) is 0. The zero-order valence-electron chi connectivity index (χ0n) is 2.65. The van der Waals surface area contributed by atoms with Crippen LogP contribution in [0.3, 0.4) is 0 Å². The third-order valence-electron chi connectivity index (χ3n) is 0.178. The van der Waals surface area contributed by atoms with Crippen LogP contribution in [0.25, 0.3) is 0 Å². The zero-order valence-corrected chi connectivity index (χ0v) is 4.16. The average Bonchev–Trinajstić information content (AvgIpc) is 1.36. The van der Waals surface area contributed by atoms with Gasteiger partial charge in [0.15, 0.2) is 0 Å². The molecule has 0 aliphatic rings. The molecule has 4 heteroatoms. The van der Waals surface area contributed by atoms with Gasteiger partial charge in [-0.05, 0) is 0 Å². The van der Waals surface area contributed by atoms with E-state index in [0.29, 0.717) is 0 Å². The van der Waals surface area contributed by atoms with Gasteiger partial charge in [0.05, 0.1) is 0 Å². The number of halogens is 2. The van der Waals surface area contributed by atoms with Gasteiger partial charge >= 0.3 is 5.97 Å². The first-order valence-electron chi connectivity index (χ1n) is 1.13. The third-order valence-corrected chi connectivity index (χ3v) is 0.535. The minimum Gasteiger partial charge on any atom is -0.244 e. The molecule has 0 N–H and O–H groups in total. The Kier molecular flexibility index (Phi) is 2.28. The van der Waals surface area contributed by atoms with E-state index in [1.807, 2.05) is 0 Å². The zero-order chi connectivity index (χ0) is 5.15. The lowest BCUT2D eigenvalue weighted by Crippen LogP contribution is -2.01. The molecule has 6 heavy (non-hydrogen) atoms. The number of alkyl halides is 2. The van der Waals surface area contributed by atoms with Crippen molar-refractivity contribution in [3.63, 3.8) is 0 Å². The van der Waals surface area contributed by atoms with Crippen LogP contribution in [0, 0.1) is 0 Å². The van der Waals surface area contributed by atoms with E-state index in [1.54, 1.807) is 0 Å². The molecular weight excluding hydrogens is 127 g/mol. The molecule has 0 fully saturated rings. The van der Waals surface area contributed by atoms with Gasteiger partial charge in [-0.15, -0.1) is 0 Å². The van der Waals surface area contributed by atoms with Crippen molar-refractivity contribution >= 4 is 29.2 Å². The maximum atomic E-state index is 9.32. The molecule has 0 saturated carbocycles. The Morgan fingerprint density at radius 2 is 1.67 bits per heavy atom. The summed E-state index contributed by atoms with van der Waals surface area (Å²) in [6, 6.07) is 0. The van der Waals surface area contributed by atoms with Crippen molar-refractivity contribution in [2.24, 2.45) is 0 Å². The summed E-state index contributed by atoms with van der Waals surface area (Å²) < 4.78 is 0. The predicted molar refractivity (Wildman–Crippen MR) is 21.2 cm³/mol. The van der Waals surface area contributed by atoms with Crippen LogP contribution in [0.4, 0.5) is 0 Å². The minimum absolute atomic E-state index is 1.40. The first-order chi connectivity index (χ1) is 2.64. The van der Waals surface area contributed by atoms with Gasteiger partial charge < -0.3 is 0 Å². The van der Waals surface area contributed by atoms with Gasteiger partial charge in [-0.2, -0.15) is 0 Å². The van der Waals surface area contributed by atoms with E-state index in [1.165, 1.54) is 0 Å². The van der Waals surface area contributed by atoms with Crippen LogP contribution in [0.2, 0.25) is 0 Å². The molecule has 2 nitrogen and oxygen atoms in total. The summed E-state index contributed by atoms with van der Waals surface area (Å²) in [4.78, 5) is 7.93. The average molecular weight is 128 g/mol. The van der Waals surface area contributed by atoms with Gasteiger partial charge in [0.25, 0.3) is 0 Å². The van der Waals surface area contributed by atoms with E-state index in [-0.39, 0.29) is 0 Å². The summed E-state index contributed by atoms with van der Waals surface area (Å²) in [5.74, 6) is -1.46. The van der Waals surface area contributed by atoms with Crippen LogP contribution in [0.5, 0.6) is 0 Å². The Morgan fingerprint density at radius 1 is 1.50 bits per heavy atom.